The lowest BCUT2D eigenvalue weighted by Crippen LogP contribution is -2.27. The minimum absolute atomic E-state index is 0.0673. The molecule has 142 valence electrons. The highest BCUT2D eigenvalue weighted by Gasteiger charge is 2.16. The number of rotatable bonds is 8. The van der Waals surface area contributed by atoms with Gasteiger partial charge in [0.15, 0.2) is 11.5 Å². The summed E-state index contributed by atoms with van der Waals surface area (Å²) in [4.78, 5) is 13.8. The van der Waals surface area contributed by atoms with Crippen molar-refractivity contribution in [2.45, 2.75) is 11.8 Å². The zero-order chi connectivity index (χ0) is 19.2. The van der Waals surface area contributed by atoms with Crippen molar-refractivity contribution in [3.8, 4) is 23.0 Å². The minimum atomic E-state index is -0.0673. The lowest BCUT2D eigenvalue weighted by molar-refractivity contribution is -0.127. The summed E-state index contributed by atoms with van der Waals surface area (Å²) in [6.07, 6.45) is 1.58. The fraction of sp³-hybridized carbons (Fsp3) is 0.278. The molecular formula is C18H19N3O5S. The molecule has 0 N–H and O–H groups in total. The van der Waals surface area contributed by atoms with Crippen LogP contribution in [0.1, 0.15) is 5.76 Å². The molecule has 0 saturated carbocycles. The number of ether oxygens (including phenoxy) is 2. The van der Waals surface area contributed by atoms with Crippen LogP contribution in [0.3, 0.4) is 0 Å². The maximum absolute atomic E-state index is 12.2. The number of furan rings is 1. The van der Waals surface area contributed by atoms with Crippen molar-refractivity contribution in [3.05, 3.63) is 42.4 Å². The van der Waals surface area contributed by atoms with Crippen LogP contribution in [0, 0.1) is 0 Å². The Morgan fingerprint density at radius 2 is 2.00 bits per heavy atom. The number of hydrogen-bond donors (Lipinski definition) is 0. The molecule has 1 amide bonds. The van der Waals surface area contributed by atoms with Crippen LogP contribution in [-0.2, 0) is 11.3 Å². The quantitative estimate of drug-likeness (QED) is 0.543. The van der Waals surface area contributed by atoms with E-state index >= 15 is 0 Å². The number of nitrogens with zero attached hydrogens (tertiary/aromatic N) is 3. The van der Waals surface area contributed by atoms with Gasteiger partial charge in [0.2, 0.25) is 11.8 Å². The van der Waals surface area contributed by atoms with E-state index in [-0.39, 0.29) is 11.7 Å². The summed E-state index contributed by atoms with van der Waals surface area (Å²) in [6.45, 7) is 0.410. The van der Waals surface area contributed by atoms with Crippen LogP contribution in [0.15, 0.2) is 50.7 Å². The van der Waals surface area contributed by atoms with Gasteiger partial charge >= 0.3 is 0 Å². The molecule has 0 aliphatic carbocycles. The van der Waals surface area contributed by atoms with Gasteiger partial charge in [-0.3, -0.25) is 4.79 Å². The summed E-state index contributed by atoms with van der Waals surface area (Å²) >= 11 is 1.18. The molecule has 3 aromatic rings. The molecule has 0 fully saturated rings. The van der Waals surface area contributed by atoms with Crippen LogP contribution in [0.25, 0.3) is 11.5 Å². The molecule has 0 spiro atoms. The summed E-state index contributed by atoms with van der Waals surface area (Å²) in [6, 6.07) is 8.92. The number of hydrogen-bond acceptors (Lipinski definition) is 8. The second-order valence-corrected chi connectivity index (χ2v) is 6.49. The van der Waals surface area contributed by atoms with Gasteiger partial charge in [-0.1, -0.05) is 11.8 Å². The minimum Gasteiger partial charge on any atom is -0.493 e. The highest BCUT2D eigenvalue weighted by molar-refractivity contribution is 7.99. The average Bonchev–Trinajstić information content (AvgIpc) is 3.37. The molecule has 0 aliphatic rings. The molecule has 0 radical (unpaired) electrons. The zero-order valence-corrected chi connectivity index (χ0v) is 16.0. The van der Waals surface area contributed by atoms with Gasteiger partial charge in [0.25, 0.3) is 5.22 Å². The Labute approximate surface area is 160 Å². The number of thioether (sulfide) groups is 1. The number of benzene rings is 1. The fourth-order valence-corrected chi connectivity index (χ4v) is 3.02. The van der Waals surface area contributed by atoms with Crippen LogP contribution in [0.5, 0.6) is 11.5 Å². The first-order valence-corrected chi connectivity index (χ1v) is 9.04. The summed E-state index contributed by atoms with van der Waals surface area (Å²) in [7, 11) is 4.84. The first kappa shape index (κ1) is 18.8. The maximum Gasteiger partial charge on any atom is 0.277 e. The van der Waals surface area contributed by atoms with Crippen molar-refractivity contribution in [2.75, 3.05) is 27.0 Å². The average molecular weight is 389 g/mol. The van der Waals surface area contributed by atoms with Gasteiger partial charge in [-0.2, -0.15) is 0 Å². The highest BCUT2D eigenvalue weighted by atomic mass is 32.2. The van der Waals surface area contributed by atoms with Gasteiger partial charge < -0.3 is 23.2 Å². The van der Waals surface area contributed by atoms with Crippen molar-refractivity contribution in [1.29, 1.82) is 0 Å². The SMILES string of the molecule is COc1ccc(-c2nnc(SCC(=O)N(C)Cc3ccco3)o2)cc1OC. The predicted octanol–water partition coefficient (Wildman–Crippen LogP) is 3.10. The molecule has 8 nitrogen and oxygen atoms in total. The summed E-state index contributed by atoms with van der Waals surface area (Å²) in [5, 5.41) is 8.33. The highest BCUT2D eigenvalue weighted by Crippen LogP contribution is 2.32. The van der Waals surface area contributed by atoms with Crippen LogP contribution >= 0.6 is 11.8 Å². The zero-order valence-electron chi connectivity index (χ0n) is 15.2. The Bertz CT molecular complexity index is 894. The summed E-state index contributed by atoms with van der Waals surface area (Å²) in [5.74, 6) is 2.37. The third kappa shape index (κ3) is 4.62. The molecule has 2 heterocycles. The van der Waals surface area contributed by atoms with E-state index < -0.39 is 0 Å². The molecular weight excluding hydrogens is 370 g/mol. The normalized spacial score (nSPS) is 10.6. The first-order valence-electron chi connectivity index (χ1n) is 8.05. The second kappa shape index (κ2) is 8.63. The largest absolute Gasteiger partial charge is 0.493 e. The van der Waals surface area contributed by atoms with E-state index in [1.54, 1.807) is 56.7 Å². The number of aromatic nitrogens is 2. The Morgan fingerprint density at radius 1 is 1.19 bits per heavy atom. The van der Waals surface area contributed by atoms with Gasteiger partial charge in [0, 0.05) is 12.6 Å². The van der Waals surface area contributed by atoms with Crippen molar-refractivity contribution < 1.29 is 23.1 Å². The molecule has 27 heavy (non-hydrogen) atoms. The van der Waals surface area contributed by atoms with E-state index in [1.165, 1.54) is 11.8 Å². The van der Waals surface area contributed by atoms with Gasteiger partial charge in [0.1, 0.15) is 5.76 Å². The Balaban J connectivity index is 1.60. The van der Waals surface area contributed by atoms with E-state index in [9.17, 15) is 4.79 Å². The van der Waals surface area contributed by atoms with Gasteiger partial charge in [0.05, 0.1) is 32.8 Å². The molecule has 0 aliphatic heterocycles. The van der Waals surface area contributed by atoms with Crippen molar-refractivity contribution in [1.82, 2.24) is 15.1 Å². The van der Waals surface area contributed by atoms with E-state index in [0.29, 0.717) is 34.7 Å². The molecule has 0 unspecified atom stereocenters. The van der Waals surface area contributed by atoms with E-state index in [0.717, 1.165) is 5.76 Å². The monoisotopic (exact) mass is 389 g/mol. The Morgan fingerprint density at radius 3 is 2.70 bits per heavy atom. The van der Waals surface area contributed by atoms with E-state index in [1.807, 2.05) is 6.07 Å². The smallest absolute Gasteiger partial charge is 0.277 e. The van der Waals surface area contributed by atoms with Crippen molar-refractivity contribution in [3.63, 3.8) is 0 Å². The maximum atomic E-state index is 12.2. The molecule has 3 rings (SSSR count). The second-order valence-electron chi connectivity index (χ2n) is 5.56. The topological polar surface area (TPSA) is 90.8 Å². The molecule has 0 bridgehead atoms. The first-order chi connectivity index (χ1) is 13.1. The van der Waals surface area contributed by atoms with Crippen LogP contribution in [0.4, 0.5) is 0 Å². The van der Waals surface area contributed by atoms with Crippen LogP contribution in [-0.4, -0.2) is 48.0 Å². The van der Waals surface area contributed by atoms with Gasteiger partial charge in [-0.15, -0.1) is 10.2 Å². The molecule has 1 aromatic carbocycles. The van der Waals surface area contributed by atoms with Crippen LogP contribution < -0.4 is 9.47 Å². The number of amides is 1. The number of carbonyl (C=O) groups excluding carboxylic acids is 1. The lowest BCUT2D eigenvalue weighted by Gasteiger charge is -2.14. The number of methoxy groups -OCH3 is 2. The standard InChI is InChI=1S/C18H19N3O5S/c1-21(10-13-5-4-8-25-13)16(22)11-27-18-20-19-17(26-18)12-6-7-14(23-2)15(9-12)24-3/h4-9H,10-11H2,1-3H3. The Hall–Kier alpha value is -2.94. The predicted molar refractivity (Wildman–Crippen MR) is 98.7 cm³/mol. The molecule has 9 heteroatoms. The van der Waals surface area contributed by atoms with Crippen molar-refractivity contribution >= 4 is 17.7 Å². The number of carbonyl (C=O) groups is 1. The van der Waals surface area contributed by atoms with Crippen LogP contribution in [0.2, 0.25) is 0 Å². The molecule has 0 saturated heterocycles. The third-order valence-corrected chi connectivity index (χ3v) is 4.56. The lowest BCUT2D eigenvalue weighted by atomic mass is 10.2. The van der Waals surface area contributed by atoms with Gasteiger partial charge in [-0.25, -0.2) is 0 Å². The van der Waals surface area contributed by atoms with E-state index in [4.69, 9.17) is 18.3 Å². The summed E-state index contributed by atoms with van der Waals surface area (Å²) in [5.41, 5.74) is 0.702. The fourth-order valence-electron chi connectivity index (χ4n) is 2.31. The van der Waals surface area contributed by atoms with Gasteiger partial charge in [-0.05, 0) is 30.3 Å². The Kier molecular flexibility index (Phi) is 6.02. The van der Waals surface area contributed by atoms with Crippen molar-refractivity contribution in [2.24, 2.45) is 0 Å². The molecule has 0 atom stereocenters. The molecule has 2 aromatic heterocycles. The third-order valence-electron chi connectivity index (χ3n) is 3.75. The van der Waals surface area contributed by atoms with E-state index in [2.05, 4.69) is 10.2 Å². The summed E-state index contributed by atoms with van der Waals surface area (Å²) < 4.78 is 21.4.